The van der Waals surface area contributed by atoms with Crippen LogP contribution in [0.1, 0.15) is 195 Å². The van der Waals surface area contributed by atoms with E-state index in [2.05, 4.69) is 0 Å². The predicted octanol–water partition coefficient (Wildman–Crippen LogP) is 10.9. The Morgan fingerprint density at radius 2 is 0.964 bits per heavy atom. The van der Waals surface area contributed by atoms with Crippen molar-refractivity contribution in [3.8, 4) is 0 Å². The quantitative estimate of drug-likeness (QED) is 0.0598. The Balaban J connectivity index is 1.02. The third-order valence-electron chi connectivity index (χ3n) is 11.6. The van der Waals surface area contributed by atoms with E-state index in [1.165, 1.54) is 128 Å². The molecule has 0 spiro atoms. The summed E-state index contributed by atoms with van der Waals surface area (Å²) < 4.78 is 61.0. The molecule has 4 aliphatic heterocycles. The van der Waals surface area contributed by atoms with E-state index in [1.807, 2.05) is 27.7 Å². The molecule has 4 heterocycles. The zero-order chi connectivity index (χ0) is 39.6. The second-order valence-corrected chi connectivity index (χ2v) is 17.8. The molecule has 4 saturated heterocycles. The first kappa shape index (κ1) is 48.3. The van der Waals surface area contributed by atoms with E-state index >= 15 is 0 Å². The van der Waals surface area contributed by atoms with Crippen LogP contribution in [0.4, 0.5) is 0 Å². The highest BCUT2D eigenvalue weighted by molar-refractivity contribution is 4.94. The molecule has 0 aromatic carbocycles. The topological polar surface area (TPSA) is 92.3 Å². The lowest BCUT2D eigenvalue weighted by Crippen LogP contribution is -2.47. The lowest BCUT2D eigenvalue weighted by Gasteiger charge is -2.29. The van der Waals surface area contributed by atoms with Gasteiger partial charge in [0.1, 0.15) is 24.4 Å². The van der Waals surface area contributed by atoms with Gasteiger partial charge in [0.15, 0.2) is 24.2 Å². The molecular formula is C46H86O10. The van der Waals surface area contributed by atoms with Crippen molar-refractivity contribution < 1.29 is 47.4 Å². The highest BCUT2D eigenvalue weighted by atomic mass is 16.8. The van der Waals surface area contributed by atoms with Crippen LogP contribution in [0.15, 0.2) is 0 Å². The van der Waals surface area contributed by atoms with E-state index in [0.29, 0.717) is 19.8 Å². The summed E-state index contributed by atoms with van der Waals surface area (Å²) in [6.45, 7) is 13.7. The minimum absolute atomic E-state index is 0.0522. The van der Waals surface area contributed by atoms with Crippen LogP contribution in [0, 0.1) is 0 Å². The van der Waals surface area contributed by atoms with E-state index < -0.39 is 11.6 Å². The average Bonchev–Trinajstić information content (AvgIpc) is 3.73. The number of ether oxygens (including phenoxy) is 10. The number of rotatable bonds is 33. The maximum Gasteiger partial charge on any atom is 0.164 e. The van der Waals surface area contributed by atoms with Gasteiger partial charge in [0.25, 0.3) is 0 Å². The molecule has 2 unspecified atom stereocenters. The van der Waals surface area contributed by atoms with Crippen LogP contribution in [0.2, 0.25) is 0 Å². The molecule has 4 rings (SSSR count). The van der Waals surface area contributed by atoms with Crippen molar-refractivity contribution in [2.24, 2.45) is 0 Å². The summed E-state index contributed by atoms with van der Waals surface area (Å²) in [5, 5.41) is 0. The van der Waals surface area contributed by atoms with Crippen molar-refractivity contribution in [1.82, 2.24) is 0 Å². The van der Waals surface area contributed by atoms with E-state index in [0.717, 1.165) is 71.6 Å². The van der Waals surface area contributed by atoms with E-state index in [-0.39, 0.29) is 37.0 Å². The lowest BCUT2D eigenvalue weighted by atomic mass is 10.0. The first-order valence-corrected chi connectivity index (χ1v) is 23.6. The third-order valence-corrected chi connectivity index (χ3v) is 11.6. The minimum atomic E-state index is -0.719. The fourth-order valence-corrected chi connectivity index (χ4v) is 8.40. The second-order valence-electron chi connectivity index (χ2n) is 17.8. The molecule has 6 atom stereocenters. The molecule has 0 radical (unpaired) electrons. The van der Waals surface area contributed by atoms with Crippen LogP contribution in [0.25, 0.3) is 0 Å². The minimum Gasteiger partial charge on any atom is -0.379 e. The van der Waals surface area contributed by atoms with Crippen molar-refractivity contribution in [3.63, 3.8) is 0 Å². The summed E-state index contributed by atoms with van der Waals surface area (Å²) in [5.74, 6) is -1.35. The summed E-state index contributed by atoms with van der Waals surface area (Å²) in [4.78, 5) is 0. The van der Waals surface area contributed by atoms with Crippen LogP contribution >= 0.6 is 0 Å². The van der Waals surface area contributed by atoms with E-state index in [1.54, 1.807) is 0 Å². The Morgan fingerprint density at radius 3 is 1.41 bits per heavy atom. The van der Waals surface area contributed by atoms with Crippen LogP contribution < -0.4 is 0 Å². The molecule has 4 aliphatic rings. The van der Waals surface area contributed by atoms with Gasteiger partial charge in [0.2, 0.25) is 0 Å². The first-order chi connectivity index (χ1) is 27.3. The molecule has 0 bridgehead atoms. The molecule has 0 aromatic heterocycles. The molecule has 0 N–H and O–H groups in total. The number of hydrogen-bond donors (Lipinski definition) is 0. The van der Waals surface area contributed by atoms with E-state index in [9.17, 15) is 0 Å². The maximum atomic E-state index is 6.58. The largest absolute Gasteiger partial charge is 0.379 e. The molecule has 56 heavy (non-hydrogen) atoms. The van der Waals surface area contributed by atoms with Gasteiger partial charge in [-0.25, -0.2) is 0 Å². The van der Waals surface area contributed by atoms with Gasteiger partial charge >= 0.3 is 0 Å². The van der Waals surface area contributed by atoms with Crippen LogP contribution in [0.5, 0.6) is 0 Å². The third kappa shape index (κ3) is 21.2. The van der Waals surface area contributed by atoms with Crippen LogP contribution in [-0.2, 0) is 47.4 Å². The Hall–Kier alpha value is -0.400. The van der Waals surface area contributed by atoms with Crippen molar-refractivity contribution in [3.05, 3.63) is 0 Å². The van der Waals surface area contributed by atoms with Crippen molar-refractivity contribution in [2.45, 2.75) is 243 Å². The fourth-order valence-electron chi connectivity index (χ4n) is 8.40. The van der Waals surface area contributed by atoms with Crippen molar-refractivity contribution in [1.29, 1.82) is 0 Å². The Bertz CT molecular complexity index is 937. The highest BCUT2D eigenvalue weighted by Crippen LogP contribution is 2.37. The molecule has 0 saturated carbocycles. The summed E-state index contributed by atoms with van der Waals surface area (Å²) in [6.07, 6.45) is 31.1. The first-order valence-electron chi connectivity index (χ1n) is 23.6. The molecule has 0 amide bonds. The lowest BCUT2D eigenvalue weighted by molar-refractivity contribution is -0.176. The molecule has 330 valence electrons. The summed E-state index contributed by atoms with van der Waals surface area (Å²) in [7, 11) is 0. The van der Waals surface area contributed by atoms with Gasteiger partial charge in [0.05, 0.1) is 13.2 Å². The van der Waals surface area contributed by atoms with Gasteiger partial charge in [0, 0.05) is 39.6 Å². The van der Waals surface area contributed by atoms with Crippen molar-refractivity contribution >= 4 is 0 Å². The zero-order valence-corrected chi connectivity index (χ0v) is 36.6. The normalized spacial score (nSPS) is 26.9. The average molecular weight is 799 g/mol. The number of unbranched alkanes of at least 4 members (excludes halogenated alkanes) is 18. The van der Waals surface area contributed by atoms with Crippen molar-refractivity contribution in [2.75, 3.05) is 52.9 Å². The molecular weight excluding hydrogens is 712 g/mol. The Kier molecular flexibility index (Phi) is 25.0. The standard InChI is InChI=1S/C46H86O10/c1-45(2)53-38-40(54-45)44-43(55-46(3,4)56-44)39(48-32-24-18-14-10-7-8-12-16-20-26-34-50-42-30-22-28-36-52-42)37-47-31-23-17-13-9-5-6-11-15-19-25-33-49-41-29-21-27-35-51-41/h39-44H,5-38H2,1-4H3/t39-,40-,41?,42?,43-,44-/m1/s1. The molecule has 0 aliphatic carbocycles. The fraction of sp³-hybridized carbons (Fsp3) is 1.00. The zero-order valence-electron chi connectivity index (χ0n) is 36.6. The monoisotopic (exact) mass is 799 g/mol. The molecule has 4 fully saturated rings. The van der Waals surface area contributed by atoms with E-state index in [4.69, 9.17) is 47.4 Å². The van der Waals surface area contributed by atoms with Gasteiger partial charge < -0.3 is 47.4 Å². The van der Waals surface area contributed by atoms with Gasteiger partial charge in [-0.3, -0.25) is 0 Å². The smallest absolute Gasteiger partial charge is 0.164 e. The molecule has 10 nitrogen and oxygen atoms in total. The Labute approximate surface area is 342 Å². The SMILES string of the molecule is CC1(C)O[C@H]([C@@H](COCCCCCCCCCCCCOC2CCCCO2)OCCCCCCCCCCCCOC2CCCCO2)[C@@H]([C@H]2COC(C)(C)O2)O1. The molecule has 0 aromatic rings. The highest BCUT2D eigenvalue weighted by Gasteiger charge is 2.52. The summed E-state index contributed by atoms with van der Waals surface area (Å²) in [5.41, 5.74) is 0. The maximum absolute atomic E-state index is 6.58. The number of hydrogen-bond acceptors (Lipinski definition) is 10. The van der Waals surface area contributed by atoms with Gasteiger partial charge in [-0.15, -0.1) is 0 Å². The van der Waals surface area contributed by atoms with Gasteiger partial charge in [-0.1, -0.05) is 103 Å². The Morgan fingerprint density at radius 1 is 0.500 bits per heavy atom. The predicted molar refractivity (Wildman–Crippen MR) is 221 cm³/mol. The summed E-state index contributed by atoms with van der Waals surface area (Å²) >= 11 is 0. The molecule has 10 heteroatoms. The van der Waals surface area contributed by atoms with Gasteiger partial charge in [-0.05, 0) is 91.9 Å². The summed E-state index contributed by atoms with van der Waals surface area (Å²) in [6, 6.07) is 0. The van der Waals surface area contributed by atoms with Gasteiger partial charge in [-0.2, -0.15) is 0 Å². The van der Waals surface area contributed by atoms with Crippen LogP contribution in [-0.4, -0.2) is 101 Å². The second kappa shape index (κ2) is 29.0. The van der Waals surface area contributed by atoms with Crippen LogP contribution in [0.3, 0.4) is 0 Å².